The van der Waals surface area contributed by atoms with E-state index in [1.807, 2.05) is 12.1 Å². The summed E-state index contributed by atoms with van der Waals surface area (Å²) in [7, 11) is 0. The van der Waals surface area contributed by atoms with Crippen molar-refractivity contribution in [1.82, 2.24) is 0 Å². The summed E-state index contributed by atoms with van der Waals surface area (Å²) in [5.41, 5.74) is 15.2. The minimum Gasteiger partial charge on any atom is -0.456 e. The normalized spacial score (nSPS) is 13.2. The Balaban J connectivity index is 1.09. The van der Waals surface area contributed by atoms with Crippen LogP contribution < -0.4 is 4.90 Å². The molecule has 11 rings (SSSR count). The average Bonchev–Trinajstić information content (AvgIpc) is 3.86. The largest absolute Gasteiger partial charge is 0.456 e. The van der Waals surface area contributed by atoms with E-state index >= 15 is 0 Å². The van der Waals surface area contributed by atoms with Crippen molar-refractivity contribution in [3.63, 3.8) is 0 Å². The number of benzene rings is 8. The maximum Gasteiger partial charge on any atom is 0.137 e. The molecule has 3 nitrogen and oxygen atoms in total. The molecule has 3 heteroatoms. The molecule has 0 N–H and O–H groups in total. The van der Waals surface area contributed by atoms with Crippen LogP contribution in [-0.4, -0.2) is 0 Å². The third-order valence-electron chi connectivity index (χ3n) is 11.4. The first-order valence-electron chi connectivity index (χ1n) is 18.2. The molecule has 0 saturated heterocycles. The molecule has 53 heavy (non-hydrogen) atoms. The molecule has 0 amide bonds. The third-order valence-corrected chi connectivity index (χ3v) is 11.4. The molecule has 1 aliphatic rings. The van der Waals surface area contributed by atoms with E-state index in [1.165, 1.54) is 38.9 Å². The van der Waals surface area contributed by atoms with E-state index in [-0.39, 0.29) is 5.41 Å². The van der Waals surface area contributed by atoms with E-state index in [9.17, 15) is 0 Å². The predicted molar refractivity (Wildman–Crippen MR) is 219 cm³/mol. The molecule has 0 atom stereocenters. The van der Waals surface area contributed by atoms with Gasteiger partial charge in [0.2, 0.25) is 0 Å². The predicted octanol–water partition coefficient (Wildman–Crippen LogP) is 14.0. The summed E-state index contributed by atoms with van der Waals surface area (Å²) in [6, 6.07) is 65.0. The Hall–Kier alpha value is -6.84. The number of hydrogen-bond donors (Lipinski definition) is 0. The topological polar surface area (TPSA) is 29.5 Å². The van der Waals surface area contributed by atoms with Crippen molar-refractivity contribution in [2.24, 2.45) is 0 Å². The highest BCUT2D eigenvalue weighted by atomic mass is 16.3. The molecule has 2 aromatic heterocycles. The molecule has 8 aromatic carbocycles. The fourth-order valence-corrected chi connectivity index (χ4v) is 8.71. The summed E-state index contributed by atoms with van der Waals surface area (Å²) < 4.78 is 12.9. The van der Waals surface area contributed by atoms with Gasteiger partial charge >= 0.3 is 0 Å². The summed E-state index contributed by atoms with van der Waals surface area (Å²) in [6.07, 6.45) is 0. The van der Waals surface area contributed by atoms with Crippen molar-refractivity contribution in [2.75, 3.05) is 4.90 Å². The first-order chi connectivity index (χ1) is 26.1. The molecule has 2 heterocycles. The number of hydrogen-bond acceptors (Lipinski definition) is 3. The molecule has 250 valence electrons. The molecular formula is C50H33NO2. The minimum absolute atomic E-state index is 0.295. The second kappa shape index (κ2) is 11.3. The molecule has 0 radical (unpaired) electrons. The van der Waals surface area contributed by atoms with Gasteiger partial charge in [-0.25, -0.2) is 0 Å². The molecule has 1 aliphatic carbocycles. The molecule has 0 unspecified atom stereocenters. The molecule has 0 spiro atoms. The molecule has 0 bridgehead atoms. The van der Waals surface area contributed by atoms with E-state index < -0.39 is 0 Å². The summed E-state index contributed by atoms with van der Waals surface area (Å²) >= 11 is 0. The highest BCUT2D eigenvalue weighted by Gasteiger charge is 2.40. The van der Waals surface area contributed by atoms with Crippen molar-refractivity contribution in [3.05, 3.63) is 199 Å². The van der Waals surface area contributed by atoms with Crippen LogP contribution in [0.3, 0.4) is 0 Å². The van der Waals surface area contributed by atoms with Gasteiger partial charge in [-0.1, -0.05) is 115 Å². The van der Waals surface area contributed by atoms with Crippen LogP contribution in [0, 0.1) is 0 Å². The summed E-state index contributed by atoms with van der Waals surface area (Å²) in [6.45, 7) is 2.36. The second-order valence-corrected chi connectivity index (χ2v) is 14.2. The Morgan fingerprint density at radius 1 is 0.377 bits per heavy atom. The van der Waals surface area contributed by atoms with Gasteiger partial charge in [0.05, 0.1) is 0 Å². The fraction of sp³-hybridized carbons (Fsp3) is 0.0400. The second-order valence-electron chi connectivity index (χ2n) is 14.2. The molecule has 0 saturated carbocycles. The first kappa shape index (κ1) is 29.8. The quantitative estimate of drug-likeness (QED) is 0.181. The number of nitrogens with zero attached hydrogens (tertiary/aromatic N) is 1. The van der Waals surface area contributed by atoms with Crippen LogP contribution in [0.4, 0.5) is 17.1 Å². The average molecular weight is 680 g/mol. The van der Waals surface area contributed by atoms with E-state index in [4.69, 9.17) is 8.83 Å². The lowest BCUT2D eigenvalue weighted by Gasteiger charge is -2.28. The van der Waals surface area contributed by atoms with Crippen LogP contribution in [-0.2, 0) is 5.41 Å². The standard InChI is InChI=1S/C50H33NO2/c1-50(44-16-8-5-13-38(44)39-14-6-9-17-45(39)50)34-21-27-47-42(29-34)43-30-36(25-28-48(43)52-47)51(35-22-19-33(20-23-35)32-11-3-2-4-12-32)37-24-26-41-40-15-7-10-18-46(40)53-49(41)31-37/h2-31H,1H3. The number of fused-ring (bicyclic) bond motifs is 9. The Kier molecular flexibility index (Phi) is 6.38. The minimum atomic E-state index is -0.295. The van der Waals surface area contributed by atoms with E-state index in [0.717, 1.165) is 60.9 Å². The zero-order valence-corrected chi connectivity index (χ0v) is 29.1. The Bertz CT molecular complexity index is 2980. The number of para-hydroxylation sites is 1. The van der Waals surface area contributed by atoms with Gasteiger partial charge in [-0.3, -0.25) is 0 Å². The number of anilines is 3. The van der Waals surface area contributed by atoms with E-state index in [0.29, 0.717) is 0 Å². The van der Waals surface area contributed by atoms with Crippen molar-refractivity contribution in [1.29, 1.82) is 0 Å². The molecular weight excluding hydrogens is 647 g/mol. The summed E-state index contributed by atoms with van der Waals surface area (Å²) in [5.74, 6) is 0. The van der Waals surface area contributed by atoms with Gasteiger partial charge in [0.15, 0.2) is 0 Å². The number of furan rings is 2. The van der Waals surface area contributed by atoms with E-state index in [1.54, 1.807) is 0 Å². The van der Waals surface area contributed by atoms with Crippen LogP contribution >= 0.6 is 0 Å². The van der Waals surface area contributed by atoms with Gasteiger partial charge in [-0.2, -0.15) is 0 Å². The molecule has 0 aliphatic heterocycles. The zero-order chi connectivity index (χ0) is 35.1. The van der Waals surface area contributed by atoms with Gasteiger partial charge < -0.3 is 13.7 Å². The van der Waals surface area contributed by atoms with Crippen LogP contribution in [0.1, 0.15) is 23.6 Å². The molecule has 0 fully saturated rings. The lowest BCUT2D eigenvalue weighted by Crippen LogP contribution is -2.22. The fourth-order valence-electron chi connectivity index (χ4n) is 8.71. The SMILES string of the molecule is CC1(c2ccc3oc4ccc(N(c5ccc(-c6ccccc6)cc5)c5ccc6c(c5)oc5ccccc56)cc4c3c2)c2ccccc2-c2ccccc21. The smallest absolute Gasteiger partial charge is 0.137 e. The van der Waals surface area contributed by atoms with Crippen LogP contribution in [0.15, 0.2) is 191 Å². The van der Waals surface area contributed by atoms with Crippen molar-refractivity contribution >= 4 is 60.9 Å². The maximum atomic E-state index is 6.51. The third kappa shape index (κ3) is 4.47. The van der Waals surface area contributed by atoms with Crippen molar-refractivity contribution in [2.45, 2.75) is 12.3 Å². The maximum absolute atomic E-state index is 6.51. The summed E-state index contributed by atoms with van der Waals surface area (Å²) in [5, 5.41) is 4.42. The lowest BCUT2D eigenvalue weighted by atomic mass is 9.74. The Morgan fingerprint density at radius 2 is 0.906 bits per heavy atom. The van der Waals surface area contributed by atoms with Crippen LogP contribution in [0.5, 0.6) is 0 Å². The highest BCUT2D eigenvalue weighted by molar-refractivity contribution is 6.08. The first-order valence-corrected chi connectivity index (χ1v) is 18.2. The van der Waals surface area contributed by atoms with Gasteiger partial charge in [0, 0.05) is 50.1 Å². The van der Waals surface area contributed by atoms with Gasteiger partial charge in [-0.05, 0) is 107 Å². The highest BCUT2D eigenvalue weighted by Crippen LogP contribution is 2.53. The monoisotopic (exact) mass is 679 g/mol. The molecule has 10 aromatic rings. The van der Waals surface area contributed by atoms with Gasteiger partial charge in [-0.15, -0.1) is 0 Å². The Morgan fingerprint density at radius 3 is 1.68 bits per heavy atom. The van der Waals surface area contributed by atoms with Crippen molar-refractivity contribution < 1.29 is 8.83 Å². The number of rotatable bonds is 5. The van der Waals surface area contributed by atoms with Crippen molar-refractivity contribution in [3.8, 4) is 22.3 Å². The van der Waals surface area contributed by atoms with Crippen LogP contribution in [0.2, 0.25) is 0 Å². The zero-order valence-electron chi connectivity index (χ0n) is 29.1. The summed E-state index contributed by atoms with van der Waals surface area (Å²) in [4.78, 5) is 2.31. The Labute approximate surface area is 307 Å². The van der Waals surface area contributed by atoms with Gasteiger partial charge in [0.1, 0.15) is 22.3 Å². The van der Waals surface area contributed by atoms with Crippen LogP contribution in [0.25, 0.3) is 66.1 Å². The van der Waals surface area contributed by atoms with E-state index in [2.05, 4.69) is 182 Å². The van der Waals surface area contributed by atoms with Gasteiger partial charge in [0.25, 0.3) is 0 Å². The lowest BCUT2D eigenvalue weighted by molar-refractivity contribution is 0.667.